The van der Waals surface area contributed by atoms with Gasteiger partial charge in [0.05, 0.1) is 6.61 Å². The summed E-state index contributed by atoms with van der Waals surface area (Å²) < 4.78 is 7.28. The van der Waals surface area contributed by atoms with Crippen molar-refractivity contribution in [1.29, 1.82) is 0 Å². The summed E-state index contributed by atoms with van der Waals surface area (Å²) >= 11 is 0. The van der Waals surface area contributed by atoms with Crippen molar-refractivity contribution in [2.24, 2.45) is 5.92 Å². The molecule has 0 bridgehead atoms. The second-order valence-electron chi connectivity index (χ2n) is 4.37. The van der Waals surface area contributed by atoms with Gasteiger partial charge in [0.1, 0.15) is 0 Å². The van der Waals surface area contributed by atoms with Gasteiger partial charge in [-0.1, -0.05) is 12.8 Å². The Balaban J connectivity index is 1.85. The zero-order valence-corrected chi connectivity index (χ0v) is 9.93. The number of ether oxygens (including phenoxy) is 1. The molecule has 16 heavy (non-hydrogen) atoms. The molecule has 5 heteroatoms. The first-order valence-electron chi connectivity index (χ1n) is 6.23. The molecule has 0 saturated heterocycles. The van der Waals surface area contributed by atoms with Gasteiger partial charge < -0.3 is 4.74 Å². The van der Waals surface area contributed by atoms with Crippen molar-refractivity contribution in [1.82, 2.24) is 20.2 Å². The smallest absolute Gasteiger partial charge is 0.153 e. The third kappa shape index (κ3) is 3.01. The van der Waals surface area contributed by atoms with E-state index in [-0.39, 0.29) is 0 Å². The summed E-state index contributed by atoms with van der Waals surface area (Å²) in [6.07, 6.45) is 6.19. The van der Waals surface area contributed by atoms with Crippen molar-refractivity contribution in [3.8, 4) is 0 Å². The van der Waals surface area contributed by atoms with E-state index in [1.807, 2.05) is 11.6 Å². The van der Waals surface area contributed by atoms with E-state index >= 15 is 0 Å². The number of hydrogen-bond acceptors (Lipinski definition) is 4. The monoisotopic (exact) mass is 224 g/mol. The van der Waals surface area contributed by atoms with Crippen molar-refractivity contribution < 1.29 is 4.74 Å². The highest BCUT2D eigenvalue weighted by atomic mass is 16.5. The molecule has 1 aliphatic rings. The molecule has 90 valence electrons. The second-order valence-corrected chi connectivity index (χ2v) is 4.37. The van der Waals surface area contributed by atoms with Crippen LogP contribution in [0.2, 0.25) is 0 Å². The van der Waals surface area contributed by atoms with Crippen LogP contribution in [0.25, 0.3) is 0 Å². The van der Waals surface area contributed by atoms with E-state index in [1.165, 1.54) is 25.7 Å². The average molecular weight is 224 g/mol. The van der Waals surface area contributed by atoms with Crippen molar-refractivity contribution in [2.75, 3.05) is 13.2 Å². The van der Waals surface area contributed by atoms with Crippen LogP contribution in [0.3, 0.4) is 0 Å². The minimum atomic E-state index is 0.710. The average Bonchev–Trinajstić information content (AvgIpc) is 2.92. The van der Waals surface area contributed by atoms with Crippen LogP contribution in [0.5, 0.6) is 0 Å². The van der Waals surface area contributed by atoms with Gasteiger partial charge in [0.25, 0.3) is 0 Å². The first-order valence-corrected chi connectivity index (χ1v) is 6.23. The van der Waals surface area contributed by atoms with E-state index in [2.05, 4.69) is 15.5 Å². The first kappa shape index (κ1) is 11.5. The van der Waals surface area contributed by atoms with Crippen LogP contribution in [0.4, 0.5) is 0 Å². The second kappa shape index (κ2) is 5.94. The Labute approximate surface area is 96.2 Å². The summed E-state index contributed by atoms with van der Waals surface area (Å²) in [5, 5.41) is 11.9. The van der Waals surface area contributed by atoms with Gasteiger partial charge in [0.15, 0.2) is 5.82 Å². The van der Waals surface area contributed by atoms with E-state index in [1.54, 1.807) is 0 Å². The Kier molecular flexibility index (Phi) is 4.27. The van der Waals surface area contributed by atoms with Gasteiger partial charge in [-0.15, -0.1) is 5.10 Å². The zero-order valence-electron chi connectivity index (χ0n) is 9.93. The number of nitrogens with zero attached hydrogens (tertiary/aromatic N) is 4. The van der Waals surface area contributed by atoms with E-state index in [0.717, 1.165) is 31.3 Å². The third-order valence-corrected chi connectivity index (χ3v) is 3.19. The summed E-state index contributed by atoms with van der Waals surface area (Å²) in [5.41, 5.74) is 0. The molecule has 2 rings (SSSR count). The van der Waals surface area contributed by atoms with Gasteiger partial charge >= 0.3 is 0 Å². The Morgan fingerprint density at radius 3 is 2.94 bits per heavy atom. The van der Waals surface area contributed by atoms with E-state index in [9.17, 15) is 0 Å². The summed E-state index contributed by atoms with van der Waals surface area (Å²) in [6, 6.07) is 0. The zero-order chi connectivity index (χ0) is 11.2. The topological polar surface area (TPSA) is 52.8 Å². The molecule has 1 aromatic rings. The Bertz CT molecular complexity index is 307. The number of rotatable bonds is 6. The molecule has 1 saturated carbocycles. The Hall–Kier alpha value is -0.970. The van der Waals surface area contributed by atoms with E-state index < -0.39 is 0 Å². The summed E-state index contributed by atoms with van der Waals surface area (Å²) in [7, 11) is 0. The maximum absolute atomic E-state index is 5.32. The van der Waals surface area contributed by atoms with Crippen molar-refractivity contribution in [2.45, 2.75) is 45.6 Å². The number of aromatic nitrogens is 4. The summed E-state index contributed by atoms with van der Waals surface area (Å²) in [6.45, 7) is 4.45. The van der Waals surface area contributed by atoms with Gasteiger partial charge in [0, 0.05) is 19.6 Å². The molecule has 0 aromatic carbocycles. The molecule has 0 aliphatic heterocycles. The van der Waals surface area contributed by atoms with Crippen molar-refractivity contribution >= 4 is 0 Å². The van der Waals surface area contributed by atoms with Crippen LogP contribution in [-0.2, 0) is 17.7 Å². The molecule has 1 heterocycles. The van der Waals surface area contributed by atoms with Crippen LogP contribution in [0, 0.1) is 5.92 Å². The molecule has 5 nitrogen and oxygen atoms in total. The van der Waals surface area contributed by atoms with Gasteiger partial charge in [-0.25, -0.2) is 4.68 Å². The first-order chi connectivity index (χ1) is 7.90. The normalized spacial score (nSPS) is 17.1. The highest BCUT2D eigenvalue weighted by Gasteiger charge is 2.17. The maximum atomic E-state index is 5.32. The lowest BCUT2D eigenvalue weighted by Crippen LogP contribution is -2.14. The largest absolute Gasteiger partial charge is 0.381 e. The fraction of sp³-hybridized carbons (Fsp3) is 0.909. The minimum absolute atomic E-state index is 0.710. The SMILES string of the molecule is CCOCCc1nnnn1CC1CCCC1. The molecule has 0 unspecified atom stereocenters. The highest BCUT2D eigenvalue weighted by molar-refractivity contribution is 4.82. The van der Waals surface area contributed by atoms with E-state index in [0.29, 0.717) is 6.61 Å². The van der Waals surface area contributed by atoms with Crippen LogP contribution in [0.1, 0.15) is 38.4 Å². The predicted octanol–water partition coefficient (Wildman–Crippen LogP) is 1.44. The van der Waals surface area contributed by atoms with Crippen LogP contribution >= 0.6 is 0 Å². The molecule has 0 atom stereocenters. The molecule has 0 radical (unpaired) electrons. The maximum Gasteiger partial charge on any atom is 0.153 e. The number of hydrogen-bond donors (Lipinski definition) is 0. The van der Waals surface area contributed by atoms with Gasteiger partial charge in [-0.2, -0.15) is 0 Å². The van der Waals surface area contributed by atoms with Crippen molar-refractivity contribution in [3.05, 3.63) is 5.82 Å². The van der Waals surface area contributed by atoms with Crippen LogP contribution < -0.4 is 0 Å². The summed E-state index contributed by atoms with van der Waals surface area (Å²) in [4.78, 5) is 0. The van der Waals surface area contributed by atoms with E-state index in [4.69, 9.17) is 4.74 Å². The molecule has 1 aromatic heterocycles. The van der Waals surface area contributed by atoms with Gasteiger partial charge in [-0.3, -0.25) is 0 Å². The fourth-order valence-corrected chi connectivity index (χ4v) is 2.29. The Morgan fingerprint density at radius 1 is 1.38 bits per heavy atom. The molecule has 1 fully saturated rings. The Morgan fingerprint density at radius 2 is 2.19 bits per heavy atom. The van der Waals surface area contributed by atoms with Crippen molar-refractivity contribution in [3.63, 3.8) is 0 Å². The lowest BCUT2D eigenvalue weighted by Gasteiger charge is -2.09. The standard InChI is InChI=1S/C11H20N4O/c1-2-16-8-7-11-12-13-14-15(11)9-10-5-3-4-6-10/h10H,2-9H2,1H3. The lowest BCUT2D eigenvalue weighted by atomic mass is 10.1. The molecular formula is C11H20N4O. The predicted molar refractivity (Wildman–Crippen MR) is 60.0 cm³/mol. The molecule has 1 aliphatic carbocycles. The van der Waals surface area contributed by atoms with Gasteiger partial charge in [0.2, 0.25) is 0 Å². The third-order valence-electron chi connectivity index (χ3n) is 3.19. The molecule has 0 spiro atoms. The lowest BCUT2D eigenvalue weighted by molar-refractivity contribution is 0.148. The fourth-order valence-electron chi connectivity index (χ4n) is 2.29. The molecule has 0 amide bonds. The molecular weight excluding hydrogens is 204 g/mol. The number of tetrazole rings is 1. The highest BCUT2D eigenvalue weighted by Crippen LogP contribution is 2.25. The van der Waals surface area contributed by atoms with Crippen LogP contribution in [-0.4, -0.2) is 33.4 Å². The van der Waals surface area contributed by atoms with Gasteiger partial charge in [-0.05, 0) is 36.1 Å². The quantitative estimate of drug-likeness (QED) is 0.686. The van der Waals surface area contributed by atoms with Crippen LogP contribution in [0.15, 0.2) is 0 Å². The molecule has 0 N–H and O–H groups in total. The summed E-state index contributed by atoms with van der Waals surface area (Å²) in [5.74, 6) is 1.73. The minimum Gasteiger partial charge on any atom is -0.381 e.